The molecule has 1 amide bonds. The minimum absolute atomic E-state index is 0.235. The van der Waals surface area contributed by atoms with Crippen LogP contribution < -0.4 is 19.9 Å². The molecule has 0 spiro atoms. The van der Waals surface area contributed by atoms with E-state index in [4.69, 9.17) is 14.2 Å². The Morgan fingerprint density at radius 3 is 2.53 bits per heavy atom. The Hall–Kier alpha value is -3.02. The first kappa shape index (κ1) is 20.9. The zero-order valence-corrected chi connectivity index (χ0v) is 18.6. The summed E-state index contributed by atoms with van der Waals surface area (Å²) in [5.74, 6) is 1.94. The molecular formula is C21H24N6O4S. The van der Waals surface area contributed by atoms with Gasteiger partial charge in [0, 0.05) is 37.9 Å². The van der Waals surface area contributed by atoms with E-state index in [-0.39, 0.29) is 5.91 Å². The van der Waals surface area contributed by atoms with Crippen LogP contribution in [0.15, 0.2) is 24.5 Å². The van der Waals surface area contributed by atoms with Crippen LogP contribution in [0.4, 0.5) is 16.8 Å². The van der Waals surface area contributed by atoms with Crippen molar-refractivity contribution in [2.75, 3.05) is 74.8 Å². The summed E-state index contributed by atoms with van der Waals surface area (Å²) in [6.45, 7) is 5.66. The van der Waals surface area contributed by atoms with Crippen LogP contribution in [0, 0.1) is 0 Å². The fraction of sp³-hybridized carbons (Fsp3) is 0.429. The molecule has 0 atom stereocenters. The Labute approximate surface area is 189 Å². The monoisotopic (exact) mass is 456 g/mol. The molecule has 2 aliphatic heterocycles. The van der Waals surface area contributed by atoms with Crippen molar-refractivity contribution in [2.45, 2.75) is 0 Å². The largest absolute Gasteiger partial charge is 0.493 e. The molecule has 2 saturated heterocycles. The van der Waals surface area contributed by atoms with Crippen molar-refractivity contribution in [3.63, 3.8) is 0 Å². The first-order valence-corrected chi connectivity index (χ1v) is 11.3. The SMILES string of the molecule is COc1cnc(N2CCOCC2)c2sc(NC(=O)c3ccnc(N4CCOCC4)c3)nc12. The average molecular weight is 457 g/mol. The van der Waals surface area contributed by atoms with E-state index in [1.807, 2.05) is 0 Å². The quantitative estimate of drug-likeness (QED) is 0.618. The van der Waals surface area contributed by atoms with Crippen molar-refractivity contribution in [1.82, 2.24) is 15.0 Å². The van der Waals surface area contributed by atoms with Gasteiger partial charge in [-0.3, -0.25) is 10.1 Å². The lowest BCUT2D eigenvalue weighted by Crippen LogP contribution is -2.36. The summed E-state index contributed by atoms with van der Waals surface area (Å²) < 4.78 is 17.2. The molecule has 0 saturated carbocycles. The van der Waals surface area contributed by atoms with Gasteiger partial charge in [-0.15, -0.1) is 0 Å². The number of hydrogen-bond acceptors (Lipinski definition) is 10. The second-order valence-electron chi connectivity index (χ2n) is 7.40. The number of methoxy groups -OCH3 is 1. The third-order valence-electron chi connectivity index (χ3n) is 5.46. The van der Waals surface area contributed by atoms with E-state index in [0.717, 1.165) is 42.5 Å². The summed E-state index contributed by atoms with van der Waals surface area (Å²) in [5.41, 5.74) is 1.22. The number of hydrogen-bond donors (Lipinski definition) is 1. The number of pyridine rings is 2. The normalized spacial score (nSPS) is 16.9. The summed E-state index contributed by atoms with van der Waals surface area (Å²) in [6.07, 6.45) is 3.33. The van der Waals surface area contributed by atoms with E-state index in [2.05, 4.69) is 30.1 Å². The number of fused-ring (bicyclic) bond motifs is 1. The number of morpholine rings is 2. The van der Waals surface area contributed by atoms with Crippen molar-refractivity contribution in [2.24, 2.45) is 0 Å². The van der Waals surface area contributed by atoms with Crippen LogP contribution in [0.1, 0.15) is 10.4 Å². The molecule has 0 radical (unpaired) electrons. The Bertz CT molecular complexity index is 1110. The van der Waals surface area contributed by atoms with Gasteiger partial charge in [0.05, 0.1) is 39.7 Å². The number of rotatable bonds is 5. The molecule has 1 N–H and O–H groups in total. The van der Waals surface area contributed by atoms with Gasteiger partial charge >= 0.3 is 0 Å². The van der Waals surface area contributed by atoms with Crippen molar-refractivity contribution in [3.8, 4) is 5.75 Å². The second kappa shape index (κ2) is 9.23. The fourth-order valence-electron chi connectivity index (χ4n) is 3.78. The van der Waals surface area contributed by atoms with Crippen molar-refractivity contribution >= 4 is 44.2 Å². The first-order chi connectivity index (χ1) is 15.7. The number of amides is 1. The van der Waals surface area contributed by atoms with E-state index in [1.165, 1.54) is 11.3 Å². The summed E-state index contributed by atoms with van der Waals surface area (Å²) in [6, 6.07) is 3.50. The van der Waals surface area contributed by atoms with Gasteiger partial charge in [-0.1, -0.05) is 11.3 Å². The molecule has 5 rings (SSSR count). The molecule has 5 heterocycles. The van der Waals surface area contributed by atoms with E-state index in [9.17, 15) is 4.79 Å². The predicted octanol–water partition coefficient (Wildman–Crippen LogP) is 2.02. The predicted molar refractivity (Wildman–Crippen MR) is 122 cm³/mol. The number of carbonyl (C=O) groups excluding carboxylic acids is 1. The number of nitrogens with one attached hydrogen (secondary N) is 1. The summed E-state index contributed by atoms with van der Waals surface area (Å²) >= 11 is 1.39. The van der Waals surface area contributed by atoms with E-state index >= 15 is 0 Å². The van der Waals surface area contributed by atoms with Crippen molar-refractivity contribution in [1.29, 1.82) is 0 Å². The fourth-order valence-corrected chi connectivity index (χ4v) is 4.77. The van der Waals surface area contributed by atoms with Crippen LogP contribution >= 0.6 is 11.3 Å². The molecule has 11 heteroatoms. The van der Waals surface area contributed by atoms with Crippen molar-refractivity contribution < 1.29 is 19.0 Å². The highest BCUT2D eigenvalue weighted by Crippen LogP contribution is 2.38. The smallest absolute Gasteiger partial charge is 0.257 e. The molecular weight excluding hydrogens is 432 g/mol. The maximum Gasteiger partial charge on any atom is 0.257 e. The van der Waals surface area contributed by atoms with Crippen molar-refractivity contribution in [3.05, 3.63) is 30.1 Å². The maximum absolute atomic E-state index is 13.0. The number of carbonyl (C=O) groups is 1. The summed E-state index contributed by atoms with van der Waals surface area (Å²) in [4.78, 5) is 30.9. The van der Waals surface area contributed by atoms with Crippen LogP contribution in [0.2, 0.25) is 0 Å². The van der Waals surface area contributed by atoms with E-state index in [0.29, 0.717) is 48.4 Å². The molecule has 10 nitrogen and oxygen atoms in total. The Balaban J connectivity index is 1.41. The molecule has 2 aliphatic rings. The highest BCUT2D eigenvalue weighted by Gasteiger charge is 2.22. The van der Waals surface area contributed by atoms with Crippen LogP contribution in [0.3, 0.4) is 0 Å². The lowest BCUT2D eigenvalue weighted by Gasteiger charge is -2.28. The number of nitrogens with zero attached hydrogens (tertiary/aromatic N) is 5. The minimum Gasteiger partial charge on any atom is -0.493 e. The molecule has 0 aromatic carbocycles. The lowest BCUT2D eigenvalue weighted by molar-refractivity contribution is 0.102. The molecule has 0 bridgehead atoms. The maximum atomic E-state index is 13.0. The van der Waals surface area contributed by atoms with Gasteiger partial charge < -0.3 is 24.0 Å². The Morgan fingerprint density at radius 2 is 1.81 bits per heavy atom. The summed E-state index contributed by atoms with van der Waals surface area (Å²) in [5, 5.41) is 3.43. The van der Waals surface area contributed by atoms with Gasteiger partial charge in [-0.05, 0) is 12.1 Å². The highest BCUT2D eigenvalue weighted by molar-refractivity contribution is 7.23. The van der Waals surface area contributed by atoms with Crippen LogP contribution in [0.5, 0.6) is 5.75 Å². The molecule has 3 aromatic heterocycles. The number of thiazole rings is 1. The lowest BCUT2D eigenvalue weighted by atomic mass is 10.2. The number of aromatic nitrogens is 3. The first-order valence-electron chi connectivity index (χ1n) is 10.5. The molecule has 0 aliphatic carbocycles. The molecule has 32 heavy (non-hydrogen) atoms. The van der Waals surface area contributed by atoms with E-state index < -0.39 is 0 Å². The average Bonchev–Trinajstić information content (AvgIpc) is 3.28. The Kier molecular flexibility index (Phi) is 6.02. The summed E-state index contributed by atoms with van der Waals surface area (Å²) in [7, 11) is 1.59. The number of anilines is 3. The third-order valence-corrected chi connectivity index (χ3v) is 6.43. The zero-order chi connectivity index (χ0) is 21.9. The van der Waals surface area contributed by atoms with Crippen LogP contribution in [0.25, 0.3) is 10.2 Å². The standard InChI is InChI=1S/C21H24N6O4S/c1-29-15-13-23-19(27-6-10-31-11-7-27)18-17(15)24-21(32-18)25-20(28)14-2-3-22-16(12-14)26-4-8-30-9-5-26/h2-3,12-13H,4-11H2,1H3,(H,24,25,28). The third kappa shape index (κ3) is 4.18. The Morgan fingerprint density at radius 1 is 1.09 bits per heavy atom. The molecule has 2 fully saturated rings. The van der Waals surface area contributed by atoms with Crippen LogP contribution in [-0.2, 0) is 9.47 Å². The van der Waals surface area contributed by atoms with Crippen LogP contribution in [-0.4, -0.2) is 80.6 Å². The van der Waals surface area contributed by atoms with Gasteiger partial charge in [0.25, 0.3) is 5.91 Å². The van der Waals surface area contributed by atoms with Gasteiger partial charge in [0.2, 0.25) is 0 Å². The van der Waals surface area contributed by atoms with Gasteiger partial charge in [-0.2, -0.15) is 0 Å². The van der Waals surface area contributed by atoms with Gasteiger partial charge in [-0.25, -0.2) is 15.0 Å². The second-order valence-corrected chi connectivity index (χ2v) is 8.40. The van der Waals surface area contributed by atoms with Gasteiger partial charge in [0.15, 0.2) is 10.9 Å². The van der Waals surface area contributed by atoms with E-state index in [1.54, 1.807) is 31.6 Å². The minimum atomic E-state index is -0.235. The highest BCUT2D eigenvalue weighted by atomic mass is 32.1. The molecule has 0 unspecified atom stereocenters. The number of ether oxygens (including phenoxy) is 3. The molecule has 3 aromatic rings. The molecule has 168 valence electrons. The van der Waals surface area contributed by atoms with Gasteiger partial charge in [0.1, 0.15) is 21.9 Å². The topological polar surface area (TPSA) is 102 Å². The zero-order valence-electron chi connectivity index (χ0n) is 17.7.